The fourth-order valence-electron chi connectivity index (χ4n) is 11.8. The molecule has 3 fully saturated rings. The Hall–Kier alpha value is -4.72. The predicted octanol–water partition coefficient (Wildman–Crippen LogP) is 6.07. The lowest BCUT2D eigenvalue weighted by atomic mass is 9.77. The van der Waals surface area contributed by atoms with E-state index in [-0.39, 0.29) is 50.4 Å². The summed E-state index contributed by atoms with van der Waals surface area (Å²) in [6, 6.07) is 13.6. The Kier molecular flexibility index (Phi) is 22.8. The van der Waals surface area contributed by atoms with Crippen LogP contribution in [0.1, 0.15) is 112 Å². The molecule has 22 nitrogen and oxygen atoms in total. The molecule has 6 rings (SSSR count). The third-order valence-corrected chi connectivity index (χ3v) is 16.8. The van der Waals surface area contributed by atoms with Crippen LogP contribution in [0.5, 0.6) is 5.75 Å². The van der Waals surface area contributed by atoms with E-state index in [1.807, 2.05) is 82.0 Å². The van der Waals surface area contributed by atoms with Crippen molar-refractivity contribution in [2.24, 2.45) is 17.8 Å². The summed E-state index contributed by atoms with van der Waals surface area (Å²) in [5.41, 5.74) is -2.76. The van der Waals surface area contributed by atoms with Gasteiger partial charge in [-0.3, -0.25) is 9.69 Å². The molecule has 0 aliphatic carbocycles. The van der Waals surface area contributed by atoms with Crippen molar-refractivity contribution in [2.75, 3.05) is 41.9 Å². The van der Waals surface area contributed by atoms with Crippen LogP contribution in [0.3, 0.4) is 0 Å². The summed E-state index contributed by atoms with van der Waals surface area (Å²) in [7, 11) is 8.63. The minimum atomic E-state index is -1.97. The number of amides is 2. The van der Waals surface area contributed by atoms with Gasteiger partial charge in [0.2, 0.25) is 0 Å². The first-order valence-electron chi connectivity index (χ1n) is 28.1. The summed E-state index contributed by atoms with van der Waals surface area (Å²) in [6.07, 6.45) is -9.53. The number of hydrogen-bond donors (Lipinski definition) is 5. The average molecular weight is 1160 g/mol. The van der Waals surface area contributed by atoms with Crippen LogP contribution in [0.2, 0.25) is 5.02 Å². The van der Waals surface area contributed by atoms with Gasteiger partial charge in [0, 0.05) is 49.6 Å². The van der Waals surface area contributed by atoms with Crippen molar-refractivity contribution in [1.29, 1.82) is 0 Å². The standard InChI is InChI=1S/C58H90ClN7O15/c1-16-45-58(10,72)50(80-54(69)60-28-39-21-23-42(73-14)24-22-39)37(6)65(13)30-33(2)26-56(8,71)49(79-53-47(67)44(64(11)12)25-34(3)75-53)35(4)48(36(5)52(68)77-45)78-46-27-57(9,74-15)51(38(7)76-46)81-55(70)61-29-41-32-66(63-62-41)31-40-19-17-18-20-43(40)59/h17-24,32-38,44-51,53,67,71-72H,16,25-31H2,1-15H3,(H,60,69)(H,61,70)/t33-,34-,35+,36-,37-,38+,44+,45-,46+,47-,48+,49-,50-,51+,53+,56-,57-,58-/m1/s1. The Labute approximate surface area is 482 Å². The molecule has 5 N–H and O–H groups in total. The van der Waals surface area contributed by atoms with Crippen molar-refractivity contribution in [2.45, 2.75) is 205 Å². The average Bonchev–Trinajstić information content (AvgIpc) is 3.90. The molecule has 4 heterocycles. The normalized spacial score (nSPS) is 35.7. The molecule has 0 unspecified atom stereocenters. The second kappa shape index (κ2) is 28.2. The molecule has 3 aliphatic heterocycles. The maximum atomic E-state index is 15.0. The number of benzene rings is 2. The van der Waals surface area contributed by atoms with Crippen molar-refractivity contribution < 1.29 is 72.3 Å². The van der Waals surface area contributed by atoms with E-state index in [1.165, 1.54) is 14.0 Å². The number of aromatic nitrogens is 3. The molecule has 0 saturated carbocycles. The van der Waals surface area contributed by atoms with Crippen LogP contribution in [0.25, 0.3) is 0 Å². The highest BCUT2D eigenvalue weighted by Gasteiger charge is 2.54. The molecular formula is C58H90ClN7O15. The summed E-state index contributed by atoms with van der Waals surface area (Å²) < 4.78 is 58.3. The van der Waals surface area contributed by atoms with Gasteiger partial charge in [-0.1, -0.05) is 67.9 Å². The monoisotopic (exact) mass is 1160 g/mol. The molecule has 18 atom stereocenters. The Morgan fingerprint density at radius 3 is 2.17 bits per heavy atom. The number of esters is 1. The first-order chi connectivity index (χ1) is 38.1. The molecule has 3 aromatic rings. The number of likely N-dealkylation sites (N-methyl/N-ethyl adjacent to an activating group) is 2. The second-order valence-electron chi connectivity index (χ2n) is 23.5. The largest absolute Gasteiger partial charge is 0.497 e. The van der Waals surface area contributed by atoms with Gasteiger partial charge in [-0.05, 0) is 124 Å². The van der Waals surface area contributed by atoms with E-state index in [2.05, 4.69) is 20.9 Å². The van der Waals surface area contributed by atoms with Crippen LogP contribution >= 0.6 is 11.6 Å². The number of carbonyl (C=O) groups excluding carboxylic acids is 3. The molecule has 3 saturated heterocycles. The molecule has 3 aliphatic rings. The van der Waals surface area contributed by atoms with Gasteiger partial charge >= 0.3 is 18.2 Å². The molecular weight excluding hydrogens is 1070 g/mol. The lowest BCUT2D eigenvalue weighted by Crippen LogP contribution is -2.61. The predicted molar refractivity (Wildman–Crippen MR) is 300 cm³/mol. The molecule has 454 valence electrons. The summed E-state index contributed by atoms with van der Waals surface area (Å²) in [4.78, 5) is 46.1. The highest BCUT2D eigenvalue weighted by Crippen LogP contribution is 2.41. The van der Waals surface area contributed by atoms with Crippen molar-refractivity contribution in [1.82, 2.24) is 35.4 Å². The van der Waals surface area contributed by atoms with Crippen LogP contribution in [0, 0.1) is 17.8 Å². The number of ether oxygens (including phenoxy) is 9. The zero-order valence-electron chi connectivity index (χ0n) is 49.9. The fourth-order valence-corrected chi connectivity index (χ4v) is 12.0. The quantitative estimate of drug-likeness (QED) is 0.0806. The van der Waals surface area contributed by atoms with E-state index in [1.54, 1.807) is 77.7 Å². The van der Waals surface area contributed by atoms with Gasteiger partial charge in [0.05, 0.1) is 62.3 Å². The molecule has 1 aromatic heterocycles. The topological polar surface area (TPSA) is 256 Å². The summed E-state index contributed by atoms with van der Waals surface area (Å²) in [5, 5.41) is 52.1. The zero-order chi connectivity index (χ0) is 59.7. The zero-order valence-corrected chi connectivity index (χ0v) is 50.6. The van der Waals surface area contributed by atoms with Crippen molar-refractivity contribution >= 4 is 29.8 Å². The van der Waals surface area contributed by atoms with E-state index in [0.717, 1.165) is 11.1 Å². The number of halogens is 1. The summed E-state index contributed by atoms with van der Waals surface area (Å²) >= 11 is 6.35. The Morgan fingerprint density at radius 1 is 0.889 bits per heavy atom. The molecule has 0 radical (unpaired) electrons. The van der Waals surface area contributed by atoms with Crippen LogP contribution in [-0.2, 0) is 62.3 Å². The summed E-state index contributed by atoms with van der Waals surface area (Å²) in [6.45, 7) is 18.3. The van der Waals surface area contributed by atoms with Gasteiger partial charge in [-0.2, -0.15) is 0 Å². The van der Waals surface area contributed by atoms with E-state index < -0.39 is 108 Å². The van der Waals surface area contributed by atoms with Crippen LogP contribution in [0.15, 0.2) is 54.7 Å². The molecule has 2 amide bonds. The first kappa shape index (κ1) is 65.4. The smallest absolute Gasteiger partial charge is 0.407 e. The van der Waals surface area contributed by atoms with E-state index in [0.29, 0.717) is 36.0 Å². The van der Waals surface area contributed by atoms with Crippen molar-refractivity contribution in [3.8, 4) is 5.75 Å². The van der Waals surface area contributed by atoms with Gasteiger partial charge in [-0.15, -0.1) is 5.10 Å². The number of alkyl carbamates (subject to hydrolysis) is 2. The van der Waals surface area contributed by atoms with Gasteiger partial charge < -0.3 is 73.5 Å². The van der Waals surface area contributed by atoms with E-state index >= 15 is 4.79 Å². The first-order valence-corrected chi connectivity index (χ1v) is 28.5. The van der Waals surface area contributed by atoms with E-state index in [9.17, 15) is 24.9 Å². The number of hydrogen-bond acceptors (Lipinski definition) is 19. The minimum absolute atomic E-state index is 0.00531. The van der Waals surface area contributed by atoms with E-state index in [4.69, 9.17) is 54.2 Å². The highest BCUT2D eigenvalue weighted by atomic mass is 35.5. The molecule has 23 heteroatoms. The lowest BCUT2D eigenvalue weighted by molar-refractivity contribution is -0.317. The fraction of sp³-hybridized carbons (Fsp3) is 0.707. The Balaban J connectivity index is 1.29. The SMILES string of the molecule is CC[C@H]1OC(=O)[C@H](C)[C@@H](O[C@H]2C[C@@](C)(OC)[C@@H](OC(=O)NCc3cn(Cc4ccccc4Cl)nn3)[C@H](C)O2)[C@H](C)[C@@H](O[C@@H]2O[C@H](C)C[C@H](N(C)C)[C@H]2O)[C@](C)(O)C[C@@H](C)CN(C)[C@H](C)[C@@H](OC(=O)NCc2ccc(OC)cc2)[C@]1(C)O. The number of nitrogens with one attached hydrogen (secondary N) is 2. The lowest BCUT2D eigenvalue weighted by Gasteiger charge is -2.49. The molecule has 81 heavy (non-hydrogen) atoms. The third-order valence-electron chi connectivity index (χ3n) is 16.5. The molecule has 2 aromatic carbocycles. The Morgan fingerprint density at radius 2 is 1.54 bits per heavy atom. The number of nitrogens with zero attached hydrogens (tertiary/aromatic N) is 5. The van der Waals surface area contributed by atoms with Crippen LogP contribution in [0.4, 0.5) is 9.59 Å². The second-order valence-corrected chi connectivity index (χ2v) is 23.9. The van der Waals surface area contributed by atoms with Crippen molar-refractivity contribution in [3.05, 3.63) is 76.6 Å². The maximum Gasteiger partial charge on any atom is 0.407 e. The number of cyclic esters (lactones) is 1. The molecule has 0 spiro atoms. The number of methoxy groups -OCH3 is 2. The minimum Gasteiger partial charge on any atom is -0.497 e. The van der Waals surface area contributed by atoms with Gasteiger partial charge in [0.1, 0.15) is 34.9 Å². The number of aliphatic hydroxyl groups is 3. The Bertz CT molecular complexity index is 2500. The van der Waals surface area contributed by atoms with Crippen molar-refractivity contribution in [3.63, 3.8) is 0 Å². The maximum absolute atomic E-state index is 15.0. The highest BCUT2D eigenvalue weighted by molar-refractivity contribution is 6.31. The van der Waals surface area contributed by atoms with Gasteiger partial charge in [-0.25, -0.2) is 14.3 Å². The number of aliphatic hydroxyl groups excluding tert-OH is 1. The van der Waals surface area contributed by atoms with Gasteiger partial charge in [0.15, 0.2) is 24.8 Å². The van der Waals surface area contributed by atoms with Crippen LogP contribution in [-0.4, -0.2) is 190 Å². The summed E-state index contributed by atoms with van der Waals surface area (Å²) in [5.74, 6) is -2.45. The third kappa shape index (κ3) is 16.6. The van der Waals surface area contributed by atoms with Crippen LogP contribution < -0.4 is 15.4 Å². The number of rotatable bonds is 16. The van der Waals surface area contributed by atoms with Gasteiger partial charge in [0.25, 0.3) is 0 Å². The number of carbonyl (C=O) groups is 3. The molecule has 0 bridgehead atoms.